The lowest BCUT2D eigenvalue weighted by Gasteiger charge is -2.36. The summed E-state index contributed by atoms with van der Waals surface area (Å²) in [5, 5.41) is 0. The molecule has 0 aliphatic carbocycles. The van der Waals surface area contributed by atoms with Crippen molar-refractivity contribution in [3.05, 3.63) is 0 Å². The Kier molecular flexibility index (Phi) is 4.72. The van der Waals surface area contributed by atoms with Gasteiger partial charge >= 0.3 is 0 Å². The molecule has 0 aromatic heterocycles. The van der Waals surface area contributed by atoms with Gasteiger partial charge in [-0.05, 0) is 26.9 Å². The zero-order valence-electron chi connectivity index (χ0n) is 9.05. The highest BCUT2D eigenvalue weighted by Crippen LogP contribution is 2.23. The Morgan fingerprint density at radius 3 is 2.08 bits per heavy atom. The maximum Gasteiger partial charge on any atom is 0.164 e. The highest BCUT2D eigenvalue weighted by Gasteiger charge is 2.35. The van der Waals surface area contributed by atoms with E-state index in [0.29, 0.717) is 0 Å². The number of nitrogens with zero attached hydrogens (tertiary/aromatic N) is 1. The van der Waals surface area contributed by atoms with E-state index < -0.39 is 0 Å². The lowest BCUT2D eigenvalue weighted by Crippen LogP contribution is -2.50. The fourth-order valence-corrected chi connectivity index (χ4v) is 1.78. The average molecular weight is 181 g/mol. The van der Waals surface area contributed by atoms with Crippen LogP contribution in [0.3, 0.4) is 0 Å². The second-order valence-corrected chi connectivity index (χ2v) is 3.44. The van der Waals surface area contributed by atoms with E-state index in [1.54, 1.807) is 0 Å². The van der Waals surface area contributed by atoms with E-state index in [1.165, 1.54) is 0 Å². The molecule has 0 aliphatic rings. The van der Waals surface area contributed by atoms with Gasteiger partial charge in [0, 0.05) is 0 Å². The molecule has 74 valence electrons. The van der Waals surface area contributed by atoms with Crippen LogP contribution in [0.2, 0.25) is 0 Å². The van der Waals surface area contributed by atoms with Gasteiger partial charge in [-0.15, -0.1) is 6.42 Å². The van der Waals surface area contributed by atoms with E-state index in [-0.39, 0.29) is 17.7 Å². The Bertz CT molecular complexity index is 209. The minimum absolute atomic E-state index is 0.157. The predicted octanol–water partition coefficient (Wildman–Crippen LogP) is 1.70. The summed E-state index contributed by atoms with van der Waals surface area (Å²) >= 11 is 0. The number of ketones is 1. The van der Waals surface area contributed by atoms with Gasteiger partial charge < -0.3 is 0 Å². The molecular formula is C11H19NO. The minimum Gasteiger partial charge on any atom is -0.297 e. The summed E-state index contributed by atoms with van der Waals surface area (Å²) in [7, 11) is 3.86. The molecular weight excluding hydrogens is 162 g/mol. The lowest BCUT2D eigenvalue weighted by molar-refractivity contribution is -0.129. The highest BCUT2D eigenvalue weighted by atomic mass is 16.1. The van der Waals surface area contributed by atoms with E-state index in [1.807, 2.05) is 32.8 Å². The number of carbonyl (C=O) groups excluding carboxylic acids is 1. The Morgan fingerprint density at radius 2 is 1.85 bits per heavy atom. The normalized spacial score (nSPS) is 11.4. The first-order valence-corrected chi connectivity index (χ1v) is 4.69. The molecule has 0 amide bonds. The van der Waals surface area contributed by atoms with Crippen LogP contribution in [-0.4, -0.2) is 30.3 Å². The number of rotatable bonds is 5. The zero-order chi connectivity index (χ0) is 10.5. The van der Waals surface area contributed by atoms with Crippen molar-refractivity contribution in [2.75, 3.05) is 14.1 Å². The summed E-state index contributed by atoms with van der Waals surface area (Å²) in [5.41, 5.74) is -0.355. The molecule has 0 fully saturated rings. The number of hydrogen-bond acceptors (Lipinski definition) is 2. The van der Waals surface area contributed by atoms with E-state index >= 15 is 0 Å². The van der Waals surface area contributed by atoms with Gasteiger partial charge in [-0.3, -0.25) is 9.69 Å². The quantitative estimate of drug-likeness (QED) is 0.602. The monoisotopic (exact) mass is 181 g/mol. The van der Waals surface area contributed by atoms with Crippen LogP contribution in [0.15, 0.2) is 0 Å². The van der Waals surface area contributed by atoms with Crippen molar-refractivity contribution in [1.29, 1.82) is 0 Å². The molecule has 13 heavy (non-hydrogen) atoms. The van der Waals surface area contributed by atoms with Crippen molar-refractivity contribution in [1.82, 2.24) is 4.90 Å². The Hall–Kier alpha value is -0.810. The average Bonchev–Trinajstić information content (AvgIpc) is 2.07. The van der Waals surface area contributed by atoms with Gasteiger partial charge in [0.15, 0.2) is 5.78 Å². The molecule has 0 saturated heterocycles. The molecule has 0 bridgehead atoms. The van der Waals surface area contributed by atoms with Crippen LogP contribution in [0.25, 0.3) is 0 Å². The van der Waals surface area contributed by atoms with Gasteiger partial charge in [0.25, 0.3) is 0 Å². The molecule has 2 nitrogen and oxygen atoms in total. The first-order valence-electron chi connectivity index (χ1n) is 4.69. The number of Topliss-reactive ketones (excluding diaryl/α,β-unsaturated/α-hetero) is 1. The first-order chi connectivity index (χ1) is 6.05. The number of likely N-dealkylation sites (N-methyl/N-ethyl adjacent to an activating group) is 1. The predicted molar refractivity (Wildman–Crippen MR) is 55.5 cm³/mol. The smallest absolute Gasteiger partial charge is 0.164 e. The van der Waals surface area contributed by atoms with Crippen LogP contribution in [0.1, 0.15) is 33.1 Å². The van der Waals surface area contributed by atoms with Crippen LogP contribution < -0.4 is 0 Å². The highest BCUT2D eigenvalue weighted by molar-refractivity contribution is 5.90. The molecule has 0 heterocycles. The SMILES string of the molecule is C#CCC(=O)C(CC)(CC)N(C)C. The van der Waals surface area contributed by atoms with Crippen molar-refractivity contribution in [3.8, 4) is 12.3 Å². The minimum atomic E-state index is -0.355. The molecule has 0 aromatic carbocycles. The Labute approximate surface area is 81.3 Å². The van der Waals surface area contributed by atoms with Crippen LogP contribution in [-0.2, 0) is 4.79 Å². The Balaban J connectivity index is 4.77. The number of hydrogen-bond donors (Lipinski definition) is 0. The maximum atomic E-state index is 11.8. The molecule has 0 radical (unpaired) electrons. The summed E-state index contributed by atoms with van der Waals surface area (Å²) in [4.78, 5) is 13.8. The van der Waals surface area contributed by atoms with Crippen LogP contribution in [0.4, 0.5) is 0 Å². The molecule has 0 atom stereocenters. The van der Waals surface area contributed by atoms with Gasteiger partial charge in [-0.1, -0.05) is 19.8 Å². The topological polar surface area (TPSA) is 20.3 Å². The summed E-state index contributed by atoms with van der Waals surface area (Å²) in [6.45, 7) is 4.05. The van der Waals surface area contributed by atoms with Gasteiger partial charge in [-0.2, -0.15) is 0 Å². The van der Waals surface area contributed by atoms with Crippen molar-refractivity contribution < 1.29 is 4.79 Å². The summed E-state index contributed by atoms with van der Waals surface area (Å²) in [6.07, 6.45) is 7.02. The second kappa shape index (κ2) is 5.04. The number of terminal acetylenes is 1. The summed E-state index contributed by atoms with van der Waals surface area (Å²) < 4.78 is 0. The van der Waals surface area contributed by atoms with Crippen molar-refractivity contribution in [3.63, 3.8) is 0 Å². The van der Waals surface area contributed by atoms with Crippen LogP contribution in [0, 0.1) is 12.3 Å². The van der Waals surface area contributed by atoms with Gasteiger partial charge in [0.05, 0.1) is 12.0 Å². The largest absolute Gasteiger partial charge is 0.297 e. The number of carbonyl (C=O) groups is 1. The molecule has 0 saturated carbocycles. The third-order valence-electron chi connectivity index (χ3n) is 2.81. The van der Waals surface area contributed by atoms with E-state index in [0.717, 1.165) is 12.8 Å². The van der Waals surface area contributed by atoms with Crippen LogP contribution >= 0.6 is 0 Å². The second-order valence-electron chi connectivity index (χ2n) is 3.44. The molecule has 0 unspecified atom stereocenters. The van der Waals surface area contributed by atoms with E-state index in [2.05, 4.69) is 5.92 Å². The fourth-order valence-electron chi connectivity index (χ4n) is 1.78. The van der Waals surface area contributed by atoms with Crippen LogP contribution in [0.5, 0.6) is 0 Å². The van der Waals surface area contributed by atoms with Crippen molar-refractivity contribution in [2.24, 2.45) is 0 Å². The van der Waals surface area contributed by atoms with Gasteiger partial charge in [-0.25, -0.2) is 0 Å². The zero-order valence-corrected chi connectivity index (χ0v) is 9.05. The Morgan fingerprint density at radius 1 is 1.38 bits per heavy atom. The first kappa shape index (κ1) is 12.2. The molecule has 0 rings (SSSR count). The van der Waals surface area contributed by atoms with Crippen molar-refractivity contribution in [2.45, 2.75) is 38.6 Å². The standard InChI is InChI=1S/C11H19NO/c1-6-9-10(13)11(7-2,8-3)12(4)5/h1H,7-9H2,2-5H3. The molecule has 0 aromatic rings. The van der Waals surface area contributed by atoms with Gasteiger partial charge in [0.1, 0.15) is 0 Å². The van der Waals surface area contributed by atoms with Gasteiger partial charge in [0.2, 0.25) is 0 Å². The molecule has 0 N–H and O–H groups in total. The molecule has 0 aliphatic heterocycles. The van der Waals surface area contributed by atoms with Crippen molar-refractivity contribution >= 4 is 5.78 Å². The maximum absolute atomic E-state index is 11.8. The summed E-state index contributed by atoms with van der Waals surface area (Å²) in [5.74, 6) is 2.58. The lowest BCUT2D eigenvalue weighted by atomic mass is 9.85. The summed E-state index contributed by atoms with van der Waals surface area (Å²) in [6, 6.07) is 0. The fraction of sp³-hybridized carbons (Fsp3) is 0.727. The molecule has 0 spiro atoms. The van der Waals surface area contributed by atoms with E-state index in [4.69, 9.17) is 6.42 Å². The third kappa shape index (κ3) is 2.32. The molecule has 2 heteroatoms. The third-order valence-corrected chi connectivity index (χ3v) is 2.81. The van der Waals surface area contributed by atoms with E-state index in [9.17, 15) is 4.79 Å².